The summed E-state index contributed by atoms with van der Waals surface area (Å²) >= 11 is 0. The lowest BCUT2D eigenvalue weighted by Gasteiger charge is -2.03. The van der Waals surface area contributed by atoms with Crippen LogP contribution in [0.3, 0.4) is 0 Å². The Kier molecular flexibility index (Phi) is 3.88. The van der Waals surface area contributed by atoms with Crippen molar-refractivity contribution in [2.75, 3.05) is 0 Å². The molecule has 1 N–H and O–H groups in total. The fraction of sp³-hybridized carbons (Fsp3) is 0.636. The molecule has 0 saturated heterocycles. The van der Waals surface area contributed by atoms with Crippen LogP contribution in [0.1, 0.15) is 36.2 Å². The molecule has 0 aliphatic heterocycles. The molecule has 0 aliphatic rings. The second-order valence-electron chi connectivity index (χ2n) is 3.87. The number of hydrogen-bond acceptors (Lipinski definition) is 2. The number of carboxylic acids is 1. The molecule has 1 heterocycles. The van der Waals surface area contributed by atoms with Crippen LogP contribution < -0.4 is 0 Å². The van der Waals surface area contributed by atoms with Crippen molar-refractivity contribution in [3.63, 3.8) is 0 Å². The van der Waals surface area contributed by atoms with Gasteiger partial charge in [0, 0.05) is 18.7 Å². The van der Waals surface area contributed by atoms with Crippen LogP contribution in [0, 0.1) is 20.8 Å². The lowest BCUT2D eigenvalue weighted by Crippen LogP contribution is -2.04. The molecule has 0 bridgehead atoms. The van der Waals surface area contributed by atoms with Gasteiger partial charge >= 0.3 is 5.97 Å². The van der Waals surface area contributed by atoms with Crippen LogP contribution in [0.25, 0.3) is 0 Å². The van der Waals surface area contributed by atoms with E-state index in [2.05, 4.69) is 12.0 Å². The number of carbonyl (C=O) groups is 1. The van der Waals surface area contributed by atoms with E-state index in [-0.39, 0.29) is 6.42 Å². The fourth-order valence-corrected chi connectivity index (χ4v) is 1.54. The molecule has 0 aromatic carbocycles. The molecule has 0 amide bonds. The molecule has 0 radical (unpaired) electrons. The number of rotatable bonds is 5. The Hall–Kier alpha value is -1.32. The summed E-state index contributed by atoms with van der Waals surface area (Å²) in [5, 5.41) is 12.9. The molecule has 0 atom stereocenters. The van der Waals surface area contributed by atoms with Gasteiger partial charge in [-0.2, -0.15) is 5.10 Å². The van der Waals surface area contributed by atoms with Gasteiger partial charge in [-0.25, -0.2) is 0 Å². The van der Waals surface area contributed by atoms with Gasteiger partial charge in [0.2, 0.25) is 0 Å². The number of aryl methyl sites for hydroxylation is 2. The van der Waals surface area contributed by atoms with Crippen LogP contribution in [0.2, 0.25) is 0 Å². The summed E-state index contributed by atoms with van der Waals surface area (Å²) in [7, 11) is 0. The highest BCUT2D eigenvalue weighted by atomic mass is 16.4. The minimum atomic E-state index is -0.723. The zero-order valence-corrected chi connectivity index (χ0v) is 9.58. The van der Waals surface area contributed by atoms with Crippen LogP contribution >= 0.6 is 0 Å². The largest absolute Gasteiger partial charge is 0.481 e. The van der Waals surface area contributed by atoms with E-state index >= 15 is 0 Å². The normalized spacial score (nSPS) is 10.6. The third kappa shape index (κ3) is 3.08. The van der Waals surface area contributed by atoms with Crippen molar-refractivity contribution in [1.82, 2.24) is 9.78 Å². The third-order valence-corrected chi connectivity index (χ3v) is 2.75. The predicted molar refractivity (Wildman–Crippen MR) is 57.9 cm³/mol. The summed E-state index contributed by atoms with van der Waals surface area (Å²) < 4.78 is 1.96. The van der Waals surface area contributed by atoms with Gasteiger partial charge in [0.25, 0.3) is 0 Å². The number of aliphatic carboxylic acids is 1. The third-order valence-electron chi connectivity index (χ3n) is 2.75. The first kappa shape index (κ1) is 11.8. The summed E-state index contributed by atoms with van der Waals surface area (Å²) in [5.41, 5.74) is 3.47. The molecule has 0 aliphatic carbocycles. The molecular formula is C11H18N2O2. The smallest absolute Gasteiger partial charge is 0.303 e. The van der Waals surface area contributed by atoms with Crippen LogP contribution in [0.5, 0.6) is 0 Å². The highest BCUT2D eigenvalue weighted by molar-refractivity contribution is 5.66. The first-order chi connectivity index (χ1) is 7.02. The fourth-order valence-electron chi connectivity index (χ4n) is 1.54. The number of nitrogens with zero attached hydrogens (tertiary/aromatic N) is 2. The highest BCUT2D eigenvalue weighted by Crippen LogP contribution is 2.11. The summed E-state index contributed by atoms with van der Waals surface area (Å²) in [6, 6.07) is 0. The Morgan fingerprint density at radius 2 is 2.00 bits per heavy atom. The van der Waals surface area contributed by atoms with Crippen LogP contribution in [-0.2, 0) is 11.3 Å². The molecule has 0 saturated carbocycles. The predicted octanol–water partition coefficient (Wildman–Crippen LogP) is 2.06. The van der Waals surface area contributed by atoms with Crippen molar-refractivity contribution < 1.29 is 9.90 Å². The molecule has 1 aromatic rings. The quantitative estimate of drug-likeness (QED) is 0.757. The second-order valence-corrected chi connectivity index (χ2v) is 3.87. The molecule has 0 spiro atoms. The van der Waals surface area contributed by atoms with E-state index in [1.165, 1.54) is 11.3 Å². The Labute approximate surface area is 89.9 Å². The average Bonchev–Trinajstić information content (AvgIpc) is 2.41. The van der Waals surface area contributed by atoms with Crippen LogP contribution in [0.15, 0.2) is 0 Å². The van der Waals surface area contributed by atoms with Crippen molar-refractivity contribution in [3.05, 3.63) is 17.0 Å². The van der Waals surface area contributed by atoms with Crippen LogP contribution in [0.4, 0.5) is 0 Å². The average molecular weight is 210 g/mol. The first-order valence-corrected chi connectivity index (χ1v) is 5.24. The maximum Gasteiger partial charge on any atom is 0.303 e. The molecule has 15 heavy (non-hydrogen) atoms. The van der Waals surface area contributed by atoms with E-state index in [0.717, 1.165) is 18.7 Å². The van der Waals surface area contributed by atoms with Crippen molar-refractivity contribution in [2.24, 2.45) is 0 Å². The SMILES string of the molecule is Cc1nn(CCCCC(=O)O)c(C)c1C. The Balaban J connectivity index is 2.44. The van der Waals surface area contributed by atoms with Crippen molar-refractivity contribution in [3.8, 4) is 0 Å². The summed E-state index contributed by atoms with van der Waals surface area (Å²) in [6.07, 6.45) is 1.83. The van der Waals surface area contributed by atoms with Crippen LogP contribution in [-0.4, -0.2) is 20.9 Å². The van der Waals surface area contributed by atoms with E-state index < -0.39 is 5.97 Å². The number of unbranched alkanes of at least 4 members (excludes halogenated alkanes) is 1. The number of carboxylic acid groups (broad SMARTS) is 1. The Morgan fingerprint density at radius 3 is 2.47 bits per heavy atom. The molecule has 0 fully saturated rings. The van der Waals surface area contributed by atoms with Gasteiger partial charge < -0.3 is 5.11 Å². The van der Waals surface area contributed by atoms with E-state index in [9.17, 15) is 4.79 Å². The molecule has 4 heteroatoms. The minimum Gasteiger partial charge on any atom is -0.481 e. The van der Waals surface area contributed by atoms with Crippen molar-refractivity contribution in [2.45, 2.75) is 46.6 Å². The summed E-state index contributed by atoms with van der Waals surface area (Å²) in [5.74, 6) is -0.723. The van der Waals surface area contributed by atoms with E-state index in [1.807, 2.05) is 18.5 Å². The zero-order valence-electron chi connectivity index (χ0n) is 9.58. The maximum atomic E-state index is 10.3. The Bertz CT molecular complexity index is 356. The summed E-state index contributed by atoms with van der Waals surface area (Å²) in [4.78, 5) is 10.3. The van der Waals surface area contributed by atoms with Crippen molar-refractivity contribution in [1.29, 1.82) is 0 Å². The van der Waals surface area contributed by atoms with Gasteiger partial charge in [0.05, 0.1) is 5.69 Å². The maximum absolute atomic E-state index is 10.3. The van der Waals surface area contributed by atoms with Gasteiger partial charge in [0.1, 0.15) is 0 Å². The molecule has 0 unspecified atom stereocenters. The summed E-state index contributed by atoms with van der Waals surface area (Å²) in [6.45, 7) is 6.92. The van der Waals surface area contributed by atoms with Crippen molar-refractivity contribution >= 4 is 5.97 Å². The molecule has 1 rings (SSSR count). The number of hydrogen-bond donors (Lipinski definition) is 1. The van der Waals surface area contributed by atoms with Gasteiger partial charge in [-0.1, -0.05) is 0 Å². The first-order valence-electron chi connectivity index (χ1n) is 5.24. The monoisotopic (exact) mass is 210 g/mol. The number of aromatic nitrogens is 2. The molecule has 1 aromatic heterocycles. The van der Waals surface area contributed by atoms with Gasteiger partial charge in [-0.3, -0.25) is 9.48 Å². The minimum absolute atomic E-state index is 0.248. The van der Waals surface area contributed by atoms with Gasteiger partial charge in [0.15, 0.2) is 0 Å². The lowest BCUT2D eigenvalue weighted by atomic mass is 10.2. The highest BCUT2D eigenvalue weighted by Gasteiger charge is 2.06. The second kappa shape index (κ2) is 4.96. The van der Waals surface area contributed by atoms with Gasteiger partial charge in [-0.15, -0.1) is 0 Å². The lowest BCUT2D eigenvalue weighted by molar-refractivity contribution is -0.137. The molecular weight excluding hydrogens is 192 g/mol. The van der Waals surface area contributed by atoms with E-state index in [1.54, 1.807) is 0 Å². The Morgan fingerprint density at radius 1 is 1.33 bits per heavy atom. The topological polar surface area (TPSA) is 55.1 Å². The standard InChI is InChI=1S/C11H18N2O2/c1-8-9(2)12-13(10(8)3)7-5-4-6-11(14)15/h4-7H2,1-3H3,(H,14,15). The van der Waals surface area contributed by atoms with E-state index in [4.69, 9.17) is 5.11 Å². The molecule has 84 valence electrons. The van der Waals surface area contributed by atoms with Gasteiger partial charge in [-0.05, 0) is 39.2 Å². The molecule has 4 nitrogen and oxygen atoms in total. The van der Waals surface area contributed by atoms with E-state index in [0.29, 0.717) is 6.42 Å². The zero-order chi connectivity index (χ0) is 11.4.